The fraction of sp³-hybridized carbons (Fsp3) is 0.500. The number of hydrogen-bond acceptors (Lipinski definition) is 8. The Hall–Kier alpha value is -4.78. The first-order chi connectivity index (χ1) is 26.5. The molecular formula is C42H51N5O7S. The molecule has 4 bridgehead atoms. The number of nitrogens with one attached hydrogen (secondary N) is 3. The maximum absolute atomic E-state index is 14.5. The molecule has 1 aromatic heterocycles. The van der Waals surface area contributed by atoms with Gasteiger partial charge in [0.1, 0.15) is 29.5 Å². The molecule has 4 amide bonds. The minimum Gasteiger partial charge on any atom is -0.488 e. The fourth-order valence-corrected chi connectivity index (χ4v) is 9.29. The fourth-order valence-electron chi connectivity index (χ4n) is 7.93. The van der Waals surface area contributed by atoms with E-state index >= 15 is 0 Å². The van der Waals surface area contributed by atoms with Gasteiger partial charge < -0.3 is 20.3 Å². The molecule has 3 fully saturated rings. The van der Waals surface area contributed by atoms with Crippen LogP contribution in [0.25, 0.3) is 22.2 Å². The second kappa shape index (κ2) is 16.1. The molecule has 2 aliphatic heterocycles. The van der Waals surface area contributed by atoms with Gasteiger partial charge in [0.05, 0.1) is 23.0 Å². The normalized spacial score (nSPS) is 26.0. The van der Waals surface area contributed by atoms with Crippen molar-refractivity contribution in [3.63, 3.8) is 0 Å². The van der Waals surface area contributed by atoms with Gasteiger partial charge in [0, 0.05) is 35.8 Å². The predicted molar refractivity (Wildman–Crippen MR) is 209 cm³/mol. The largest absolute Gasteiger partial charge is 0.488 e. The molecule has 4 aliphatic rings. The summed E-state index contributed by atoms with van der Waals surface area (Å²) in [5, 5.41) is 6.05. The Kier molecular flexibility index (Phi) is 11.3. The molecule has 0 spiro atoms. The van der Waals surface area contributed by atoms with Crippen LogP contribution in [0.3, 0.4) is 0 Å². The van der Waals surface area contributed by atoms with E-state index in [1.54, 1.807) is 0 Å². The number of ether oxygens (including phenoxy) is 1. The molecule has 0 unspecified atom stereocenters. The van der Waals surface area contributed by atoms with Crippen molar-refractivity contribution in [3.8, 4) is 17.0 Å². The summed E-state index contributed by atoms with van der Waals surface area (Å²) in [6.45, 7) is 5.88. The number of unbranched alkanes of at least 4 members (excludes halogenated alkanes) is 1. The van der Waals surface area contributed by atoms with Gasteiger partial charge >= 0.3 is 0 Å². The number of carbonyl (C=O) groups is 4. The molecule has 7 rings (SSSR count). The second-order valence-electron chi connectivity index (χ2n) is 15.6. The maximum atomic E-state index is 14.5. The first-order valence-electron chi connectivity index (χ1n) is 19.8. The van der Waals surface area contributed by atoms with E-state index in [0.29, 0.717) is 44.3 Å². The Morgan fingerprint density at radius 1 is 1.05 bits per heavy atom. The maximum Gasteiger partial charge on any atom is 0.259 e. The van der Waals surface area contributed by atoms with Crippen molar-refractivity contribution >= 4 is 44.6 Å². The van der Waals surface area contributed by atoms with E-state index in [4.69, 9.17) is 9.72 Å². The van der Waals surface area contributed by atoms with E-state index < -0.39 is 62.6 Å². The highest BCUT2D eigenvalue weighted by atomic mass is 32.2. The molecule has 3 aromatic rings. The van der Waals surface area contributed by atoms with Crippen molar-refractivity contribution in [2.45, 2.75) is 119 Å². The highest BCUT2D eigenvalue weighted by molar-refractivity contribution is 7.91. The number of carbonyl (C=O) groups excluding carboxylic acids is 4. The van der Waals surface area contributed by atoms with Crippen LogP contribution in [0, 0.1) is 5.92 Å². The Morgan fingerprint density at radius 3 is 2.53 bits per heavy atom. The third kappa shape index (κ3) is 8.56. The van der Waals surface area contributed by atoms with Gasteiger partial charge in [-0.1, -0.05) is 75.1 Å². The summed E-state index contributed by atoms with van der Waals surface area (Å²) in [5.41, 5.74) is 2.02. The van der Waals surface area contributed by atoms with Gasteiger partial charge in [-0.25, -0.2) is 13.4 Å². The number of aryl methyl sites for hydroxylation is 1. The quantitative estimate of drug-likeness (QED) is 0.240. The van der Waals surface area contributed by atoms with Crippen molar-refractivity contribution in [1.82, 2.24) is 25.2 Å². The lowest BCUT2D eigenvalue weighted by Gasteiger charge is -2.30. The smallest absolute Gasteiger partial charge is 0.259 e. The van der Waals surface area contributed by atoms with E-state index in [0.717, 1.165) is 59.8 Å². The van der Waals surface area contributed by atoms with Crippen molar-refractivity contribution in [2.24, 2.45) is 5.92 Å². The highest BCUT2D eigenvalue weighted by Crippen LogP contribution is 2.45. The number of nitrogens with zero attached hydrogens (tertiary/aromatic N) is 2. The van der Waals surface area contributed by atoms with Gasteiger partial charge in [-0.05, 0) is 62.6 Å². The van der Waals surface area contributed by atoms with E-state index in [2.05, 4.69) is 34.1 Å². The molecule has 55 heavy (non-hydrogen) atoms. The van der Waals surface area contributed by atoms with Gasteiger partial charge in [0.2, 0.25) is 27.7 Å². The number of benzene rings is 2. The molecule has 5 atom stereocenters. The number of rotatable bonds is 10. The molecule has 2 aliphatic carbocycles. The average molecular weight is 770 g/mol. The number of aromatic nitrogens is 1. The molecule has 3 heterocycles. The zero-order chi connectivity index (χ0) is 38.7. The number of pyridine rings is 1. The number of fused-ring (bicyclic) bond motifs is 3. The molecule has 3 N–H and O–H groups in total. The molecule has 2 aromatic carbocycles. The third-order valence-corrected chi connectivity index (χ3v) is 13.2. The number of hydrogen-bond donors (Lipinski definition) is 3. The van der Waals surface area contributed by atoms with E-state index in [-0.39, 0.29) is 25.3 Å². The van der Waals surface area contributed by atoms with Crippen LogP contribution in [0.15, 0.2) is 67.3 Å². The zero-order valence-electron chi connectivity index (χ0n) is 31.4. The van der Waals surface area contributed by atoms with Gasteiger partial charge in [-0.2, -0.15) is 0 Å². The molecule has 2 saturated carbocycles. The van der Waals surface area contributed by atoms with Crippen LogP contribution in [-0.2, 0) is 35.6 Å². The molecular weight excluding hydrogens is 719 g/mol. The van der Waals surface area contributed by atoms with Crippen LogP contribution in [0.1, 0.15) is 89.5 Å². The van der Waals surface area contributed by atoms with E-state index in [9.17, 15) is 27.6 Å². The zero-order valence-corrected chi connectivity index (χ0v) is 32.2. The van der Waals surface area contributed by atoms with Crippen LogP contribution in [0.2, 0.25) is 0 Å². The predicted octanol–water partition coefficient (Wildman–Crippen LogP) is 5.10. The van der Waals surface area contributed by atoms with E-state index in [1.807, 2.05) is 49.4 Å². The summed E-state index contributed by atoms with van der Waals surface area (Å²) in [6, 6.07) is 16.0. The van der Waals surface area contributed by atoms with Crippen LogP contribution in [0.5, 0.6) is 5.75 Å². The van der Waals surface area contributed by atoms with Crippen LogP contribution in [-0.4, -0.2) is 77.5 Å². The Morgan fingerprint density at radius 2 is 1.82 bits per heavy atom. The van der Waals surface area contributed by atoms with Crippen molar-refractivity contribution < 1.29 is 32.3 Å². The average Bonchev–Trinajstić information content (AvgIpc) is 4.11. The summed E-state index contributed by atoms with van der Waals surface area (Å²) in [4.78, 5) is 62.2. The lowest BCUT2D eigenvalue weighted by molar-refractivity contribution is -0.142. The Balaban J connectivity index is 1.24. The topological polar surface area (TPSA) is 164 Å². The minimum atomic E-state index is -3.88. The summed E-state index contributed by atoms with van der Waals surface area (Å²) < 4.78 is 34.5. The summed E-state index contributed by atoms with van der Waals surface area (Å²) >= 11 is 0. The summed E-state index contributed by atoms with van der Waals surface area (Å²) in [6.07, 6.45) is 8.69. The van der Waals surface area contributed by atoms with Crippen LogP contribution >= 0.6 is 0 Å². The Labute approximate surface area is 322 Å². The van der Waals surface area contributed by atoms with Crippen molar-refractivity contribution in [1.29, 1.82) is 0 Å². The van der Waals surface area contributed by atoms with Gasteiger partial charge in [-0.15, -0.1) is 6.58 Å². The van der Waals surface area contributed by atoms with Crippen LogP contribution in [0.4, 0.5) is 0 Å². The lowest BCUT2D eigenvalue weighted by Crippen LogP contribution is -2.58. The summed E-state index contributed by atoms with van der Waals surface area (Å²) in [7, 11) is -3.88. The number of sulfonamides is 1. The highest BCUT2D eigenvalue weighted by Gasteiger charge is 2.62. The standard InChI is InChI=1S/C42H51N5O7S/c1-3-5-16-34-40(50)47-26-30(23-36(47)39(49)45-42(25-29(42)4-2)41(51)46-55(52,53)31-19-20-31)54-37-24-35(28-14-10-8-11-15-28)43-33-21-18-27(22-32(33)37)13-9-6-7-12-17-38(48)44-34/h4,8,10-11,14-15,18,21-22,24,29-31,34,36H,2-3,5-7,9,12-13,16-17,19-20,23,25-26H2,1H3,(H,44,48)(H,45,49)(H,46,51)/t29-,30-,34+,36-,42-/m1/s1. The SMILES string of the molecule is C=C[C@@H]1C[C@]1(NC(=O)[C@H]1C[C@@H]2CN1C(=O)[C@H](CCCC)NC(=O)CCCCCCc1ccc3nc(-c4ccccc4)cc(c3c1)O2)C(=O)NS(=O)(=O)C1CC1. The van der Waals surface area contributed by atoms with Gasteiger partial charge in [0.15, 0.2) is 0 Å². The monoisotopic (exact) mass is 769 g/mol. The summed E-state index contributed by atoms with van der Waals surface area (Å²) in [5.74, 6) is -1.91. The first kappa shape index (κ1) is 38.5. The van der Waals surface area contributed by atoms with E-state index in [1.165, 1.54) is 11.0 Å². The molecule has 0 radical (unpaired) electrons. The van der Waals surface area contributed by atoms with Crippen molar-refractivity contribution in [3.05, 3.63) is 72.8 Å². The molecule has 12 nitrogen and oxygen atoms in total. The first-order valence-corrected chi connectivity index (χ1v) is 21.3. The molecule has 1 saturated heterocycles. The Bertz CT molecular complexity index is 2070. The van der Waals surface area contributed by atoms with Gasteiger partial charge in [0.25, 0.3) is 5.91 Å². The van der Waals surface area contributed by atoms with Crippen molar-refractivity contribution in [2.75, 3.05) is 6.54 Å². The molecule has 13 heteroatoms. The third-order valence-electron chi connectivity index (χ3n) is 11.4. The second-order valence-corrected chi connectivity index (χ2v) is 17.5. The minimum absolute atomic E-state index is 0.0553. The van der Waals surface area contributed by atoms with Gasteiger partial charge in [-0.3, -0.25) is 23.9 Å². The lowest BCUT2D eigenvalue weighted by atomic mass is 10.0. The van der Waals surface area contributed by atoms with Crippen LogP contribution < -0.4 is 20.1 Å². The number of amides is 4. The molecule has 292 valence electrons.